The third kappa shape index (κ3) is 4.87. The number of rotatable bonds is 6. The molecule has 0 aliphatic carbocycles. The van der Waals surface area contributed by atoms with Gasteiger partial charge in [0.25, 0.3) is 0 Å². The number of nitrogens with one attached hydrogen (secondary N) is 1. The van der Waals surface area contributed by atoms with E-state index < -0.39 is 6.61 Å². The first-order valence-electron chi connectivity index (χ1n) is 8.45. The Morgan fingerprint density at radius 2 is 2.12 bits per heavy atom. The molecule has 1 aliphatic rings. The second-order valence-electron chi connectivity index (χ2n) is 6.08. The van der Waals surface area contributed by atoms with E-state index in [1.807, 2.05) is 4.90 Å². The molecule has 1 unspecified atom stereocenters. The van der Waals surface area contributed by atoms with Crippen LogP contribution in [0, 0.1) is 5.92 Å². The fourth-order valence-electron chi connectivity index (χ4n) is 2.99. The molecule has 8 heteroatoms. The molecule has 1 atom stereocenters. The minimum atomic E-state index is -2.87. The number of hydrogen-bond acceptors (Lipinski definition) is 5. The molecule has 1 aliphatic heterocycles. The Bertz CT molecular complexity index is 730. The molecule has 1 amide bonds. The molecule has 0 spiro atoms. The molecular weight excluding hydrogens is 342 g/mol. The zero-order valence-electron chi connectivity index (χ0n) is 14.1. The minimum Gasteiger partial charge on any atom is -0.435 e. The number of carbonyl (C=O) groups excluding carboxylic acids is 1. The van der Waals surface area contributed by atoms with Crippen LogP contribution in [0.1, 0.15) is 18.4 Å². The standard InChI is InChI=1S/C18H20F2N4O2/c19-17(20)26-15-6-1-4-13(10-15)11-23-16(25)14-5-2-9-24(12-14)18-21-7-3-8-22-18/h1,3-4,6-8,10,14,17H,2,5,9,11-12H2,(H,23,25). The first-order chi connectivity index (χ1) is 12.6. The number of ether oxygens (including phenoxy) is 1. The predicted molar refractivity (Wildman–Crippen MR) is 91.9 cm³/mol. The summed E-state index contributed by atoms with van der Waals surface area (Å²) in [5.41, 5.74) is 0.704. The highest BCUT2D eigenvalue weighted by atomic mass is 19.3. The van der Waals surface area contributed by atoms with Crippen LogP contribution in [0.2, 0.25) is 0 Å². The number of alkyl halides is 2. The Kier molecular flexibility index (Phi) is 5.93. The van der Waals surface area contributed by atoms with Crippen LogP contribution < -0.4 is 15.0 Å². The summed E-state index contributed by atoms with van der Waals surface area (Å²) >= 11 is 0. The monoisotopic (exact) mass is 362 g/mol. The van der Waals surface area contributed by atoms with E-state index in [9.17, 15) is 13.6 Å². The van der Waals surface area contributed by atoms with Crippen LogP contribution in [-0.4, -0.2) is 35.6 Å². The number of benzene rings is 1. The zero-order valence-corrected chi connectivity index (χ0v) is 14.1. The average Bonchev–Trinajstić information content (AvgIpc) is 2.67. The summed E-state index contributed by atoms with van der Waals surface area (Å²) in [6.45, 7) is -1.23. The number of amides is 1. The number of carbonyl (C=O) groups is 1. The fraction of sp³-hybridized carbons (Fsp3) is 0.389. The van der Waals surface area contributed by atoms with E-state index in [2.05, 4.69) is 20.0 Å². The van der Waals surface area contributed by atoms with Crippen molar-refractivity contribution < 1.29 is 18.3 Å². The minimum absolute atomic E-state index is 0.0641. The van der Waals surface area contributed by atoms with Crippen molar-refractivity contribution in [3.05, 3.63) is 48.3 Å². The van der Waals surface area contributed by atoms with Gasteiger partial charge in [-0.1, -0.05) is 12.1 Å². The van der Waals surface area contributed by atoms with Crippen molar-refractivity contribution in [2.75, 3.05) is 18.0 Å². The molecule has 0 radical (unpaired) electrons. The van der Waals surface area contributed by atoms with Crippen LogP contribution in [0.4, 0.5) is 14.7 Å². The van der Waals surface area contributed by atoms with Gasteiger partial charge >= 0.3 is 6.61 Å². The molecule has 2 aromatic rings. The van der Waals surface area contributed by atoms with Gasteiger partial charge in [-0.15, -0.1) is 0 Å². The lowest BCUT2D eigenvalue weighted by Gasteiger charge is -2.31. The van der Waals surface area contributed by atoms with E-state index in [4.69, 9.17) is 0 Å². The van der Waals surface area contributed by atoms with Crippen LogP contribution in [0.25, 0.3) is 0 Å². The van der Waals surface area contributed by atoms with Gasteiger partial charge in [-0.2, -0.15) is 8.78 Å². The number of anilines is 1. The Labute approximate surface area is 150 Å². The van der Waals surface area contributed by atoms with Crippen LogP contribution in [0.15, 0.2) is 42.7 Å². The van der Waals surface area contributed by atoms with Crippen LogP contribution in [-0.2, 0) is 11.3 Å². The van der Waals surface area contributed by atoms with Crippen LogP contribution in [0.3, 0.4) is 0 Å². The number of halogens is 2. The molecule has 6 nitrogen and oxygen atoms in total. The largest absolute Gasteiger partial charge is 0.435 e. The van der Waals surface area contributed by atoms with Crippen molar-refractivity contribution >= 4 is 11.9 Å². The summed E-state index contributed by atoms with van der Waals surface area (Å²) in [7, 11) is 0. The molecule has 1 N–H and O–H groups in total. The summed E-state index contributed by atoms with van der Waals surface area (Å²) in [5, 5.41) is 2.87. The Balaban J connectivity index is 1.55. The highest BCUT2D eigenvalue weighted by molar-refractivity contribution is 5.79. The summed E-state index contributed by atoms with van der Waals surface area (Å²) in [6.07, 6.45) is 5.04. The molecule has 0 bridgehead atoms. The number of aromatic nitrogens is 2. The van der Waals surface area contributed by atoms with Crippen molar-refractivity contribution in [2.24, 2.45) is 5.92 Å². The quantitative estimate of drug-likeness (QED) is 0.856. The third-order valence-corrected chi connectivity index (χ3v) is 4.22. The molecule has 1 aromatic carbocycles. The van der Waals surface area contributed by atoms with E-state index in [1.165, 1.54) is 12.1 Å². The van der Waals surface area contributed by atoms with E-state index in [-0.39, 0.29) is 24.1 Å². The fourth-order valence-corrected chi connectivity index (χ4v) is 2.99. The topological polar surface area (TPSA) is 67.3 Å². The van der Waals surface area contributed by atoms with Gasteiger partial charge < -0.3 is 15.0 Å². The van der Waals surface area contributed by atoms with Gasteiger partial charge in [0.05, 0.1) is 5.92 Å². The molecule has 0 saturated carbocycles. The average molecular weight is 362 g/mol. The number of piperidine rings is 1. The summed E-state index contributed by atoms with van der Waals surface area (Å²) in [5.74, 6) is 0.484. The molecule has 2 heterocycles. The lowest BCUT2D eigenvalue weighted by atomic mass is 9.97. The Morgan fingerprint density at radius 3 is 2.88 bits per heavy atom. The maximum Gasteiger partial charge on any atom is 0.387 e. The van der Waals surface area contributed by atoms with Gasteiger partial charge in [-0.3, -0.25) is 4.79 Å². The Hall–Kier alpha value is -2.77. The van der Waals surface area contributed by atoms with Gasteiger partial charge in [0, 0.05) is 32.0 Å². The van der Waals surface area contributed by atoms with Gasteiger partial charge in [0.2, 0.25) is 11.9 Å². The van der Waals surface area contributed by atoms with E-state index >= 15 is 0 Å². The first-order valence-corrected chi connectivity index (χ1v) is 8.45. The lowest BCUT2D eigenvalue weighted by molar-refractivity contribution is -0.125. The molecular formula is C18H20F2N4O2. The summed E-state index contributed by atoms with van der Waals surface area (Å²) < 4.78 is 28.9. The predicted octanol–water partition coefficient (Wildman–Crippen LogP) is 2.61. The van der Waals surface area contributed by atoms with E-state index in [0.717, 1.165) is 19.4 Å². The maximum absolute atomic E-state index is 12.5. The van der Waals surface area contributed by atoms with Gasteiger partial charge in [-0.05, 0) is 36.6 Å². The van der Waals surface area contributed by atoms with Gasteiger partial charge in [0.15, 0.2) is 0 Å². The van der Waals surface area contributed by atoms with Crippen LogP contribution in [0.5, 0.6) is 5.75 Å². The van der Waals surface area contributed by atoms with Crippen molar-refractivity contribution in [1.82, 2.24) is 15.3 Å². The summed E-state index contributed by atoms with van der Waals surface area (Å²) in [4.78, 5) is 22.9. The third-order valence-electron chi connectivity index (χ3n) is 4.22. The molecule has 1 saturated heterocycles. The second kappa shape index (κ2) is 8.55. The SMILES string of the molecule is O=C(NCc1cccc(OC(F)F)c1)C1CCCN(c2ncccn2)C1. The second-order valence-corrected chi connectivity index (χ2v) is 6.08. The van der Waals surface area contributed by atoms with E-state index in [1.54, 1.807) is 30.6 Å². The molecule has 3 rings (SSSR count). The maximum atomic E-state index is 12.5. The van der Waals surface area contributed by atoms with Crippen molar-refractivity contribution in [3.8, 4) is 5.75 Å². The number of nitrogens with zero attached hydrogens (tertiary/aromatic N) is 3. The zero-order chi connectivity index (χ0) is 18.4. The smallest absolute Gasteiger partial charge is 0.387 e. The van der Waals surface area contributed by atoms with Crippen molar-refractivity contribution in [1.29, 1.82) is 0 Å². The highest BCUT2D eigenvalue weighted by Crippen LogP contribution is 2.20. The van der Waals surface area contributed by atoms with E-state index in [0.29, 0.717) is 18.1 Å². The van der Waals surface area contributed by atoms with Crippen LogP contribution >= 0.6 is 0 Å². The van der Waals surface area contributed by atoms with Crippen molar-refractivity contribution in [3.63, 3.8) is 0 Å². The first kappa shape index (κ1) is 18.0. The van der Waals surface area contributed by atoms with Crippen molar-refractivity contribution in [2.45, 2.75) is 26.0 Å². The molecule has 1 fully saturated rings. The van der Waals surface area contributed by atoms with Gasteiger partial charge in [0.1, 0.15) is 5.75 Å². The summed E-state index contributed by atoms with van der Waals surface area (Å²) in [6, 6.07) is 8.08. The van der Waals surface area contributed by atoms with Gasteiger partial charge in [-0.25, -0.2) is 9.97 Å². The lowest BCUT2D eigenvalue weighted by Crippen LogP contribution is -2.43. The highest BCUT2D eigenvalue weighted by Gasteiger charge is 2.26. The number of hydrogen-bond donors (Lipinski definition) is 1. The molecule has 1 aromatic heterocycles. The normalized spacial score (nSPS) is 17.2. The Morgan fingerprint density at radius 1 is 1.31 bits per heavy atom. The molecule has 26 heavy (non-hydrogen) atoms. The molecule has 138 valence electrons.